The fourth-order valence-corrected chi connectivity index (χ4v) is 1.06. The highest BCUT2D eigenvalue weighted by Crippen LogP contribution is 2.31. The maximum atomic E-state index is 10.9. The van der Waals surface area contributed by atoms with E-state index in [9.17, 15) is 4.79 Å². The van der Waals surface area contributed by atoms with E-state index in [1.54, 1.807) is 6.92 Å². The van der Waals surface area contributed by atoms with Crippen LogP contribution in [0.2, 0.25) is 10.0 Å². The van der Waals surface area contributed by atoms with Gasteiger partial charge in [-0.3, -0.25) is 0 Å². The molecule has 3 nitrogen and oxygen atoms in total. The molecule has 0 heterocycles. The summed E-state index contributed by atoms with van der Waals surface area (Å²) in [5, 5.41) is 0.343. The average molecular weight is 234 g/mol. The first-order valence-electron chi connectivity index (χ1n) is 3.85. The summed E-state index contributed by atoms with van der Waals surface area (Å²) in [7, 11) is 0. The number of hydrogen-bond donors (Lipinski definition) is 0. The fourth-order valence-electron chi connectivity index (χ4n) is 0.751. The molecule has 0 saturated heterocycles. The van der Waals surface area contributed by atoms with Crippen LogP contribution in [0.3, 0.4) is 0 Å². The second kappa shape index (κ2) is 5.08. The summed E-state index contributed by atoms with van der Waals surface area (Å²) in [4.78, 5) is 10.9. The van der Waals surface area contributed by atoms with Crippen LogP contribution < -0.4 is 4.74 Å². The van der Waals surface area contributed by atoms with Crippen molar-refractivity contribution in [1.82, 2.24) is 0 Å². The van der Waals surface area contributed by atoms with Gasteiger partial charge in [0.25, 0.3) is 0 Å². The zero-order valence-corrected chi connectivity index (χ0v) is 8.85. The van der Waals surface area contributed by atoms with Crippen molar-refractivity contribution in [3.05, 3.63) is 28.2 Å². The average Bonchev–Trinajstić information content (AvgIpc) is 2.13. The summed E-state index contributed by atoms with van der Waals surface area (Å²) in [6.45, 7) is 1.91. The van der Waals surface area contributed by atoms with Crippen LogP contribution in [0.5, 0.6) is 5.75 Å². The van der Waals surface area contributed by atoms with Crippen LogP contribution in [0, 0.1) is 6.07 Å². The molecule has 0 saturated carbocycles. The topological polar surface area (TPSA) is 35.5 Å². The lowest BCUT2D eigenvalue weighted by molar-refractivity contribution is 0.104. The van der Waals surface area contributed by atoms with Gasteiger partial charge >= 0.3 is 6.16 Å². The number of benzene rings is 1. The highest BCUT2D eigenvalue weighted by Gasteiger charge is 2.10. The molecule has 14 heavy (non-hydrogen) atoms. The predicted molar refractivity (Wildman–Crippen MR) is 52.9 cm³/mol. The van der Waals surface area contributed by atoms with Gasteiger partial charge in [0.15, 0.2) is 5.75 Å². The smallest absolute Gasteiger partial charge is 0.434 e. The molecule has 1 rings (SSSR count). The van der Waals surface area contributed by atoms with Crippen molar-refractivity contribution in [3.8, 4) is 5.75 Å². The van der Waals surface area contributed by atoms with Crippen molar-refractivity contribution >= 4 is 29.4 Å². The normalized spacial score (nSPS) is 9.64. The third-order valence-corrected chi connectivity index (χ3v) is 2.08. The minimum Gasteiger partial charge on any atom is -0.434 e. The second-order valence-corrected chi connectivity index (χ2v) is 3.01. The fraction of sp³-hybridized carbons (Fsp3) is 0.222. The standard InChI is InChI=1S/C9H7Cl2O3/c1-2-13-9(12)14-7-5-3-4-6(10)8(7)11/h3,5H,2H2,1H3. The molecule has 0 aliphatic rings. The summed E-state index contributed by atoms with van der Waals surface area (Å²) in [5.74, 6) is 0.161. The van der Waals surface area contributed by atoms with Gasteiger partial charge in [0.1, 0.15) is 5.02 Å². The van der Waals surface area contributed by atoms with Crippen LogP contribution in [0.4, 0.5) is 4.79 Å². The van der Waals surface area contributed by atoms with Crippen LogP contribution in [0.1, 0.15) is 6.92 Å². The van der Waals surface area contributed by atoms with E-state index < -0.39 is 6.16 Å². The number of halogens is 2. The van der Waals surface area contributed by atoms with Gasteiger partial charge in [-0.1, -0.05) is 23.2 Å². The van der Waals surface area contributed by atoms with Crippen LogP contribution in [0.15, 0.2) is 12.1 Å². The summed E-state index contributed by atoms with van der Waals surface area (Å²) >= 11 is 11.4. The number of carbonyl (C=O) groups excluding carboxylic acids is 1. The highest BCUT2D eigenvalue weighted by molar-refractivity contribution is 6.42. The third kappa shape index (κ3) is 2.79. The number of carbonyl (C=O) groups is 1. The van der Waals surface area contributed by atoms with Crippen LogP contribution in [-0.2, 0) is 4.74 Å². The summed E-state index contributed by atoms with van der Waals surface area (Å²) < 4.78 is 9.34. The summed E-state index contributed by atoms with van der Waals surface area (Å²) in [6.07, 6.45) is -0.809. The SMILES string of the molecule is CCOC(=O)Oc1cc[c]c(Cl)c1Cl. The van der Waals surface area contributed by atoms with E-state index in [0.717, 1.165) is 0 Å². The van der Waals surface area contributed by atoms with Gasteiger partial charge in [-0.25, -0.2) is 4.79 Å². The van der Waals surface area contributed by atoms with Crippen LogP contribution in [-0.4, -0.2) is 12.8 Å². The van der Waals surface area contributed by atoms with E-state index in [1.165, 1.54) is 12.1 Å². The zero-order valence-electron chi connectivity index (χ0n) is 7.34. The molecule has 5 heteroatoms. The first-order chi connectivity index (χ1) is 6.65. The molecule has 0 atom stereocenters. The van der Waals surface area contributed by atoms with Crippen molar-refractivity contribution in [3.63, 3.8) is 0 Å². The largest absolute Gasteiger partial charge is 0.513 e. The molecular formula is C9H7Cl2O3. The van der Waals surface area contributed by atoms with Gasteiger partial charge in [0.2, 0.25) is 0 Å². The molecule has 1 radical (unpaired) electrons. The van der Waals surface area contributed by atoms with E-state index in [4.69, 9.17) is 27.9 Å². The lowest BCUT2D eigenvalue weighted by Gasteiger charge is -2.05. The lowest BCUT2D eigenvalue weighted by Crippen LogP contribution is -2.10. The van der Waals surface area contributed by atoms with Crippen molar-refractivity contribution in [2.75, 3.05) is 6.61 Å². The monoisotopic (exact) mass is 233 g/mol. The van der Waals surface area contributed by atoms with Crippen molar-refractivity contribution in [1.29, 1.82) is 0 Å². The van der Waals surface area contributed by atoms with E-state index in [1.807, 2.05) is 0 Å². The van der Waals surface area contributed by atoms with Crippen molar-refractivity contribution in [2.45, 2.75) is 6.92 Å². The van der Waals surface area contributed by atoms with E-state index in [2.05, 4.69) is 10.8 Å². The summed E-state index contributed by atoms with van der Waals surface area (Å²) in [5.41, 5.74) is 0. The van der Waals surface area contributed by atoms with Gasteiger partial charge in [0, 0.05) is 6.07 Å². The highest BCUT2D eigenvalue weighted by atomic mass is 35.5. The molecule has 75 valence electrons. The maximum absolute atomic E-state index is 10.9. The molecule has 0 fully saturated rings. The minimum absolute atomic E-state index is 0.141. The van der Waals surface area contributed by atoms with E-state index in [0.29, 0.717) is 0 Å². The third-order valence-electron chi connectivity index (χ3n) is 1.31. The zero-order chi connectivity index (χ0) is 10.6. The molecule has 0 spiro atoms. The Bertz CT molecular complexity index is 339. The Hall–Kier alpha value is -0.930. The lowest BCUT2D eigenvalue weighted by atomic mass is 10.3. The minimum atomic E-state index is -0.809. The molecule has 0 amide bonds. The van der Waals surface area contributed by atoms with Gasteiger partial charge in [-0.2, -0.15) is 0 Å². The maximum Gasteiger partial charge on any atom is 0.513 e. The molecule has 0 aromatic heterocycles. The van der Waals surface area contributed by atoms with Crippen LogP contribution in [0.25, 0.3) is 0 Å². The molecule has 1 aromatic carbocycles. The molecule has 0 bridgehead atoms. The van der Waals surface area contributed by atoms with E-state index in [-0.39, 0.29) is 22.4 Å². The summed E-state index contributed by atoms with van der Waals surface area (Å²) in [6, 6.07) is 5.63. The Morgan fingerprint density at radius 1 is 1.57 bits per heavy atom. The van der Waals surface area contributed by atoms with Crippen molar-refractivity contribution in [2.24, 2.45) is 0 Å². The Kier molecular flexibility index (Phi) is 4.04. The van der Waals surface area contributed by atoms with Crippen molar-refractivity contribution < 1.29 is 14.3 Å². The van der Waals surface area contributed by atoms with Gasteiger partial charge < -0.3 is 9.47 Å². The van der Waals surface area contributed by atoms with Gasteiger partial charge in [0.05, 0.1) is 11.6 Å². The molecule has 0 N–H and O–H groups in total. The second-order valence-electron chi connectivity index (χ2n) is 2.25. The first-order valence-corrected chi connectivity index (χ1v) is 4.61. The molecule has 0 aliphatic carbocycles. The Balaban J connectivity index is 2.76. The number of hydrogen-bond acceptors (Lipinski definition) is 3. The number of rotatable bonds is 2. The number of ether oxygens (including phenoxy) is 2. The predicted octanol–water partition coefficient (Wildman–Crippen LogP) is 3.33. The molecule has 1 aromatic rings. The quantitative estimate of drug-likeness (QED) is 0.581. The molecule has 0 unspecified atom stereocenters. The van der Waals surface area contributed by atoms with Crippen LogP contribution >= 0.6 is 23.2 Å². The molecular weight excluding hydrogens is 227 g/mol. The van der Waals surface area contributed by atoms with Gasteiger partial charge in [-0.05, 0) is 19.1 Å². The Morgan fingerprint density at radius 2 is 2.29 bits per heavy atom. The first kappa shape index (κ1) is 11.1. The Labute approximate surface area is 91.5 Å². The molecule has 0 aliphatic heterocycles. The Morgan fingerprint density at radius 3 is 2.93 bits per heavy atom. The van der Waals surface area contributed by atoms with Gasteiger partial charge in [-0.15, -0.1) is 0 Å². The van der Waals surface area contributed by atoms with E-state index >= 15 is 0 Å².